The summed E-state index contributed by atoms with van der Waals surface area (Å²) in [5.74, 6) is -0.523. The fourth-order valence-corrected chi connectivity index (χ4v) is 2.53. The first-order valence-electron chi connectivity index (χ1n) is 7.15. The maximum Gasteiger partial charge on any atom is 0.257 e. The van der Waals surface area contributed by atoms with Gasteiger partial charge in [-0.3, -0.25) is 4.79 Å². The first-order valence-corrected chi connectivity index (χ1v) is 7.15. The van der Waals surface area contributed by atoms with Crippen LogP contribution in [-0.2, 0) is 4.74 Å². The molecule has 3 N–H and O–H groups in total. The van der Waals surface area contributed by atoms with Gasteiger partial charge >= 0.3 is 0 Å². The molecule has 6 nitrogen and oxygen atoms in total. The third kappa shape index (κ3) is 4.09. The summed E-state index contributed by atoms with van der Waals surface area (Å²) >= 11 is 0. The Hall–Kier alpha value is -1.79. The Morgan fingerprint density at radius 2 is 2.29 bits per heavy atom. The van der Waals surface area contributed by atoms with Gasteiger partial charge in [0.15, 0.2) is 0 Å². The van der Waals surface area contributed by atoms with Gasteiger partial charge in [0.25, 0.3) is 5.91 Å². The number of phenolic OH excluding ortho intramolecular Hbond substituents is 2. The lowest BCUT2D eigenvalue weighted by molar-refractivity contribution is 0.0676. The molecule has 0 spiro atoms. The number of hydrogen-bond acceptors (Lipinski definition) is 5. The zero-order valence-corrected chi connectivity index (χ0v) is 12.2. The van der Waals surface area contributed by atoms with Gasteiger partial charge in [0.05, 0.1) is 12.2 Å². The van der Waals surface area contributed by atoms with Crippen LogP contribution < -0.4 is 5.32 Å². The second-order valence-electron chi connectivity index (χ2n) is 5.24. The standard InChI is InChI=1S/C15H22N2O4/c1-21-8-7-17(10-11-3-2-6-16-11)15(20)13-5-4-12(18)9-14(13)19/h4-5,9,11,16,18-19H,2-3,6-8,10H2,1H3. The van der Waals surface area contributed by atoms with Crippen LogP contribution in [0.5, 0.6) is 11.5 Å². The maximum absolute atomic E-state index is 12.6. The topological polar surface area (TPSA) is 82.0 Å². The van der Waals surface area contributed by atoms with Crippen molar-refractivity contribution in [3.05, 3.63) is 23.8 Å². The van der Waals surface area contributed by atoms with Gasteiger partial charge in [-0.15, -0.1) is 0 Å². The Bertz CT molecular complexity index is 487. The molecule has 0 radical (unpaired) electrons. The van der Waals surface area contributed by atoms with E-state index in [9.17, 15) is 15.0 Å². The minimum Gasteiger partial charge on any atom is -0.508 e. The van der Waals surface area contributed by atoms with Gasteiger partial charge < -0.3 is 25.2 Å². The Balaban J connectivity index is 2.11. The van der Waals surface area contributed by atoms with E-state index in [0.29, 0.717) is 19.7 Å². The van der Waals surface area contributed by atoms with E-state index >= 15 is 0 Å². The van der Waals surface area contributed by atoms with Crippen LogP contribution in [0.25, 0.3) is 0 Å². The molecule has 1 aliphatic rings. The highest BCUT2D eigenvalue weighted by atomic mass is 16.5. The van der Waals surface area contributed by atoms with Crippen molar-refractivity contribution in [1.29, 1.82) is 0 Å². The number of amides is 1. The van der Waals surface area contributed by atoms with Crippen molar-refractivity contribution in [2.45, 2.75) is 18.9 Å². The largest absolute Gasteiger partial charge is 0.508 e. The minimum atomic E-state index is -0.252. The summed E-state index contributed by atoms with van der Waals surface area (Å²) in [6.45, 7) is 2.47. The fourth-order valence-electron chi connectivity index (χ4n) is 2.53. The number of nitrogens with one attached hydrogen (secondary N) is 1. The van der Waals surface area contributed by atoms with E-state index in [-0.39, 0.29) is 29.0 Å². The second kappa shape index (κ2) is 7.28. The van der Waals surface area contributed by atoms with E-state index in [1.54, 1.807) is 12.0 Å². The molecule has 2 rings (SSSR count). The smallest absolute Gasteiger partial charge is 0.257 e. The van der Waals surface area contributed by atoms with Crippen LogP contribution in [0.1, 0.15) is 23.2 Å². The third-order valence-corrected chi connectivity index (χ3v) is 3.67. The Morgan fingerprint density at radius 1 is 1.48 bits per heavy atom. The highest BCUT2D eigenvalue weighted by molar-refractivity contribution is 5.97. The van der Waals surface area contributed by atoms with Crippen LogP contribution in [0.15, 0.2) is 18.2 Å². The predicted octanol–water partition coefficient (Wildman–Crippen LogP) is 0.938. The summed E-state index contributed by atoms with van der Waals surface area (Å²) in [4.78, 5) is 14.3. The molecule has 0 aromatic heterocycles. The highest BCUT2D eigenvalue weighted by Gasteiger charge is 2.24. The molecule has 1 aliphatic heterocycles. The van der Waals surface area contributed by atoms with Crippen LogP contribution in [0.2, 0.25) is 0 Å². The van der Waals surface area contributed by atoms with Gasteiger partial charge in [-0.2, -0.15) is 0 Å². The van der Waals surface area contributed by atoms with Gasteiger partial charge in [0.2, 0.25) is 0 Å². The Morgan fingerprint density at radius 3 is 2.90 bits per heavy atom. The number of carbonyl (C=O) groups is 1. The van der Waals surface area contributed by atoms with E-state index in [1.807, 2.05) is 0 Å². The van der Waals surface area contributed by atoms with Crippen molar-refractivity contribution in [3.63, 3.8) is 0 Å². The van der Waals surface area contributed by atoms with Gasteiger partial charge in [-0.1, -0.05) is 0 Å². The lowest BCUT2D eigenvalue weighted by Crippen LogP contribution is -2.42. The summed E-state index contributed by atoms with van der Waals surface area (Å²) in [6, 6.07) is 4.30. The molecule has 1 heterocycles. The molecule has 1 fully saturated rings. The number of carbonyl (C=O) groups excluding carboxylic acids is 1. The Labute approximate surface area is 124 Å². The number of benzene rings is 1. The zero-order chi connectivity index (χ0) is 15.2. The van der Waals surface area contributed by atoms with Crippen molar-refractivity contribution in [2.24, 2.45) is 0 Å². The number of phenols is 2. The van der Waals surface area contributed by atoms with Gasteiger partial charge in [0.1, 0.15) is 11.5 Å². The highest BCUT2D eigenvalue weighted by Crippen LogP contribution is 2.24. The van der Waals surface area contributed by atoms with Crippen LogP contribution in [0.4, 0.5) is 0 Å². The molecule has 1 aromatic rings. The van der Waals surface area contributed by atoms with Crippen molar-refractivity contribution in [1.82, 2.24) is 10.2 Å². The summed E-state index contributed by atoms with van der Waals surface area (Å²) in [5, 5.41) is 22.5. The monoisotopic (exact) mass is 294 g/mol. The molecule has 1 unspecified atom stereocenters. The normalized spacial score (nSPS) is 17.9. The van der Waals surface area contributed by atoms with E-state index in [1.165, 1.54) is 18.2 Å². The molecular formula is C15H22N2O4. The third-order valence-electron chi connectivity index (χ3n) is 3.67. The van der Waals surface area contributed by atoms with Gasteiger partial charge in [-0.05, 0) is 31.5 Å². The Kier molecular flexibility index (Phi) is 5.41. The minimum absolute atomic E-state index is 0.0649. The van der Waals surface area contributed by atoms with Crippen LogP contribution in [-0.4, -0.2) is 60.4 Å². The van der Waals surface area contributed by atoms with E-state index in [0.717, 1.165) is 19.4 Å². The van der Waals surface area contributed by atoms with E-state index in [2.05, 4.69) is 5.32 Å². The summed E-state index contributed by atoms with van der Waals surface area (Å²) in [7, 11) is 1.59. The van der Waals surface area contributed by atoms with Crippen molar-refractivity contribution in [2.75, 3.05) is 33.4 Å². The molecule has 1 saturated heterocycles. The number of rotatable bonds is 6. The van der Waals surface area contributed by atoms with Crippen LogP contribution in [0.3, 0.4) is 0 Å². The molecule has 0 aliphatic carbocycles. The molecule has 116 valence electrons. The number of hydrogen-bond donors (Lipinski definition) is 3. The van der Waals surface area contributed by atoms with Crippen LogP contribution in [0, 0.1) is 0 Å². The van der Waals surface area contributed by atoms with Crippen molar-refractivity contribution < 1.29 is 19.7 Å². The average molecular weight is 294 g/mol. The van der Waals surface area contributed by atoms with Crippen molar-refractivity contribution in [3.8, 4) is 11.5 Å². The lowest BCUT2D eigenvalue weighted by atomic mass is 10.1. The molecular weight excluding hydrogens is 272 g/mol. The lowest BCUT2D eigenvalue weighted by Gasteiger charge is -2.26. The number of ether oxygens (including phenoxy) is 1. The summed E-state index contributed by atoms with van der Waals surface area (Å²) in [5.41, 5.74) is 0.196. The SMILES string of the molecule is COCCN(CC1CCCN1)C(=O)c1ccc(O)cc1O. The number of aromatic hydroxyl groups is 2. The first kappa shape index (κ1) is 15.6. The fraction of sp³-hybridized carbons (Fsp3) is 0.533. The molecule has 1 aromatic carbocycles. The predicted molar refractivity (Wildman–Crippen MR) is 78.6 cm³/mol. The van der Waals surface area contributed by atoms with Gasteiger partial charge in [-0.25, -0.2) is 0 Å². The summed E-state index contributed by atoms with van der Waals surface area (Å²) < 4.78 is 5.06. The quantitative estimate of drug-likeness (QED) is 0.727. The summed E-state index contributed by atoms with van der Waals surface area (Å²) in [6.07, 6.45) is 2.15. The number of nitrogens with zero attached hydrogens (tertiary/aromatic N) is 1. The van der Waals surface area contributed by atoms with E-state index < -0.39 is 0 Å². The molecule has 1 amide bonds. The molecule has 0 saturated carbocycles. The van der Waals surface area contributed by atoms with Crippen molar-refractivity contribution >= 4 is 5.91 Å². The molecule has 1 atom stereocenters. The second-order valence-corrected chi connectivity index (χ2v) is 5.24. The van der Waals surface area contributed by atoms with Gasteiger partial charge in [0, 0.05) is 32.3 Å². The molecule has 6 heteroatoms. The number of methoxy groups -OCH3 is 1. The molecule has 0 bridgehead atoms. The van der Waals surface area contributed by atoms with Crippen LogP contribution >= 0.6 is 0 Å². The zero-order valence-electron chi connectivity index (χ0n) is 12.2. The maximum atomic E-state index is 12.6. The molecule has 21 heavy (non-hydrogen) atoms. The van der Waals surface area contributed by atoms with E-state index in [4.69, 9.17) is 4.74 Å². The average Bonchev–Trinajstić information content (AvgIpc) is 2.95. The first-order chi connectivity index (χ1) is 10.1.